The van der Waals surface area contributed by atoms with Crippen molar-refractivity contribution in [3.63, 3.8) is 0 Å². The van der Waals surface area contributed by atoms with E-state index < -0.39 is 0 Å². The van der Waals surface area contributed by atoms with Gasteiger partial charge in [-0.3, -0.25) is 0 Å². The van der Waals surface area contributed by atoms with Crippen molar-refractivity contribution in [2.75, 3.05) is 0 Å². The molecule has 0 amide bonds. The molecular weight excluding hydrogens is 115 g/mol. The molecule has 0 aromatic carbocycles. The van der Waals surface area contributed by atoms with Crippen molar-refractivity contribution in [2.45, 2.75) is 0 Å². The van der Waals surface area contributed by atoms with Gasteiger partial charge < -0.3 is 11.0 Å². The van der Waals surface area contributed by atoms with Crippen molar-refractivity contribution < 1.29 is 20.7 Å². The van der Waals surface area contributed by atoms with Crippen LogP contribution in [0.2, 0.25) is 0 Å². The standard InChI is InChI=1S/BHO2.Ca.2H2O.2H/c2-1-3;;;;;/h2H;;2*1H2;;. The Morgan fingerprint density at radius 1 is 1.33 bits per heavy atom. The van der Waals surface area contributed by atoms with E-state index in [4.69, 9.17) is 9.73 Å². The van der Waals surface area contributed by atoms with E-state index in [-0.39, 0.29) is 56.0 Å². The van der Waals surface area contributed by atoms with Crippen molar-refractivity contribution in [1.82, 2.24) is 0 Å². The average molecular weight is 122 g/mol. The molecule has 0 unspecified atom stereocenters. The molecule has 0 saturated heterocycles. The van der Waals surface area contributed by atoms with Gasteiger partial charge in [0.25, 0.3) is 0 Å². The molecule has 6 heteroatoms. The molecule has 0 aromatic rings. The Bertz CT molecular complexity index is 15.0. The van der Waals surface area contributed by atoms with Crippen LogP contribution in [0.5, 0.6) is 0 Å². The van der Waals surface area contributed by atoms with Gasteiger partial charge >= 0.3 is 54.8 Å². The molecule has 0 aliphatic rings. The van der Waals surface area contributed by atoms with Crippen LogP contribution in [0.25, 0.3) is 0 Å². The summed E-state index contributed by atoms with van der Waals surface area (Å²) < 4.78 is 8.36. The fourth-order valence-electron chi connectivity index (χ4n) is 0. The molecule has 5 N–H and O–H groups in total. The second-order valence-corrected chi connectivity index (χ2v) is 0.105. The predicted octanol–water partition coefficient (Wildman–Crippen LogP) is -3.62. The quantitative estimate of drug-likeness (QED) is 0.335. The summed E-state index contributed by atoms with van der Waals surface area (Å²) in [7, 11) is -0.250. The summed E-state index contributed by atoms with van der Waals surface area (Å²) in [5, 5.41) is 6.89. The molecule has 0 fully saturated rings. The summed E-state index contributed by atoms with van der Waals surface area (Å²) in [5.41, 5.74) is 0. The van der Waals surface area contributed by atoms with Gasteiger partial charge in [0, 0.05) is 0 Å². The van der Waals surface area contributed by atoms with Crippen molar-refractivity contribution in [1.29, 1.82) is 0 Å². The fourth-order valence-corrected chi connectivity index (χ4v) is 0. The van der Waals surface area contributed by atoms with Crippen LogP contribution in [0, 0.1) is 0 Å². The zero-order valence-electron chi connectivity index (χ0n) is 2.43. The molecule has 0 bridgehead atoms. The average Bonchev–Trinajstić information content (AvgIpc) is 0.918. The van der Waals surface area contributed by atoms with Crippen molar-refractivity contribution in [3.8, 4) is 0 Å². The Hall–Kier alpha value is 0.845. The molecule has 0 spiro atoms. The molecule has 0 atom stereocenters. The first-order valence-corrected chi connectivity index (χ1v) is 0.494. The van der Waals surface area contributed by atoms with E-state index in [1.807, 2.05) is 0 Å². The molecule has 0 aliphatic carbocycles. The number of hydrogen-bond acceptors (Lipinski definition) is 1. The van der Waals surface area contributed by atoms with Crippen LogP contribution >= 0.6 is 0 Å². The van der Waals surface area contributed by atoms with Crippen molar-refractivity contribution >= 4 is 45.1 Å². The SMILES string of the molecule is O.O.O=BO.[CaH2]. The van der Waals surface area contributed by atoms with E-state index in [2.05, 4.69) is 0 Å². The number of rotatable bonds is 0. The summed E-state index contributed by atoms with van der Waals surface area (Å²) in [4.78, 5) is 0. The Morgan fingerprint density at radius 2 is 1.33 bits per heavy atom. The molecular formula is H7BCaO4. The van der Waals surface area contributed by atoms with Gasteiger partial charge in [-0.15, -0.1) is 0 Å². The summed E-state index contributed by atoms with van der Waals surface area (Å²) in [6, 6.07) is 0. The molecule has 0 rings (SSSR count). The topological polar surface area (TPSA) is 100 Å². The van der Waals surface area contributed by atoms with Gasteiger partial charge in [-0.2, -0.15) is 0 Å². The van der Waals surface area contributed by atoms with E-state index in [0.717, 1.165) is 0 Å². The third-order valence-corrected chi connectivity index (χ3v) is 0. The molecule has 0 aromatic heterocycles. The van der Waals surface area contributed by atoms with Gasteiger partial charge in [-0.25, -0.2) is 0 Å². The van der Waals surface area contributed by atoms with E-state index >= 15 is 0 Å². The molecule has 0 heterocycles. The molecule has 0 aliphatic heterocycles. The van der Waals surface area contributed by atoms with Gasteiger partial charge in [0.1, 0.15) is 0 Å². The maximum absolute atomic E-state index is 8.36. The maximum atomic E-state index is 8.36. The molecule has 36 valence electrons. The van der Waals surface area contributed by atoms with Crippen LogP contribution in [0.3, 0.4) is 0 Å². The van der Waals surface area contributed by atoms with Crippen LogP contribution in [0.15, 0.2) is 0 Å². The van der Waals surface area contributed by atoms with E-state index in [1.165, 1.54) is 0 Å². The van der Waals surface area contributed by atoms with Gasteiger partial charge in [0.2, 0.25) is 0 Å². The second kappa shape index (κ2) is 40.3. The minimum absolute atomic E-state index is 0. The zero-order chi connectivity index (χ0) is 2.71. The van der Waals surface area contributed by atoms with Crippen molar-refractivity contribution in [2.24, 2.45) is 0 Å². The Morgan fingerprint density at radius 3 is 1.33 bits per heavy atom. The molecule has 6 heavy (non-hydrogen) atoms. The Kier molecular flexibility index (Phi) is 194. The van der Waals surface area contributed by atoms with Crippen LogP contribution in [0.4, 0.5) is 0 Å². The summed E-state index contributed by atoms with van der Waals surface area (Å²) in [5.74, 6) is 0. The van der Waals surface area contributed by atoms with Gasteiger partial charge in [0.05, 0.1) is 0 Å². The molecule has 0 radical (unpaired) electrons. The first kappa shape index (κ1) is 28.9. The van der Waals surface area contributed by atoms with Crippen LogP contribution < -0.4 is 0 Å². The Labute approximate surface area is 65.4 Å². The second-order valence-electron chi connectivity index (χ2n) is 0.105. The third-order valence-electron chi connectivity index (χ3n) is 0. The minimum atomic E-state index is -0.250. The first-order valence-electron chi connectivity index (χ1n) is 0.494. The molecule has 4 nitrogen and oxygen atoms in total. The third kappa shape index (κ3) is 100. The first-order chi connectivity index (χ1) is 1.41. The van der Waals surface area contributed by atoms with Crippen molar-refractivity contribution in [3.05, 3.63) is 0 Å². The van der Waals surface area contributed by atoms with E-state index in [0.29, 0.717) is 0 Å². The van der Waals surface area contributed by atoms with Gasteiger partial charge in [0.15, 0.2) is 0 Å². The van der Waals surface area contributed by atoms with Crippen LogP contribution in [0.1, 0.15) is 0 Å². The molecule has 0 saturated carbocycles. The monoisotopic (exact) mass is 122 g/mol. The van der Waals surface area contributed by atoms with Crippen LogP contribution in [-0.4, -0.2) is 61.1 Å². The summed E-state index contributed by atoms with van der Waals surface area (Å²) >= 11 is 0. The van der Waals surface area contributed by atoms with Gasteiger partial charge in [-0.05, 0) is 0 Å². The Balaban J connectivity index is -0.00000000667. The number of hydrogen-bond donors (Lipinski definition) is 1. The van der Waals surface area contributed by atoms with Gasteiger partial charge in [-0.1, -0.05) is 0 Å². The summed E-state index contributed by atoms with van der Waals surface area (Å²) in [6.45, 7) is 0. The summed E-state index contributed by atoms with van der Waals surface area (Å²) in [6.07, 6.45) is 0. The van der Waals surface area contributed by atoms with E-state index in [1.54, 1.807) is 0 Å². The zero-order valence-corrected chi connectivity index (χ0v) is 2.43. The van der Waals surface area contributed by atoms with E-state index in [9.17, 15) is 0 Å². The predicted molar refractivity (Wildman–Crippen MR) is 24.4 cm³/mol. The fraction of sp³-hybridized carbons (Fsp3) is 0. The normalized spacial score (nSPS) is 1.33. The van der Waals surface area contributed by atoms with Crippen LogP contribution in [-0.2, 0) is 4.70 Å².